The quantitative estimate of drug-likeness (QED) is 0.506. The maximum atomic E-state index is 14.0. The van der Waals surface area contributed by atoms with E-state index in [1.807, 2.05) is 0 Å². The summed E-state index contributed by atoms with van der Waals surface area (Å²) < 4.78 is 92.8. The van der Waals surface area contributed by atoms with Gasteiger partial charge >= 0.3 is 6.18 Å². The Kier molecular flexibility index (Phi) is 4.17. The molecule has 0 nitrogen and oxygen atoms in total. The van der Waals surface area contributed by atoms with Crippen molar-refractivity contribution in [3.8, 4) is 11.1 Å². The van der Waals surface area contributed by atoms with E-state index in [-0.39, 0.29) is 12.0 Å². The van der Waals surface area contributed by atoms with Crippen molar-refractivity contribution in [2.75, 3.05) is 0 Å². The van der Waals surface area contributed by atoms with Crippen LogP contribution in [-0.4, -0.2) is 0 Å². The minimum atomic E-state index is -5.54. The molecule has 2 aromatic carbocycles. The molecule has 0 aromatic heterocycles. The standard InChI is InChI=1S/C15H9F7/c1-2-7-5-3-4-6-8(7)9-11(16)13(18)10(15(20,21)22)14(19)12(9)17/h3-6H,2H2,1H3. The first kappa shape index (κ1) is 16.3. The van der Waals surface area contributed by atoms with Gasteiger partial charge < -0.3 is 0 Å². The van der Waals surface area contributed by atoms with E-state index in [2.05, 4.69) is 0 Å². The molecule has 0 heterocycles. The average Bonchev–Trinajstić information content (AvgIpc) is 2.45. The molecular formula is C15H9F7. The van der Waals surface area contributed by atoms with Crippen molar-refractivity contribution >= 4 is 0 Å². The zero-order valence-corrected chi connectivity index (χ0v) is 11.2. The van der Waals surface area contributed by atoms with Crippen molar-refractivity contribution in [3.05, 3.63) is 58.7 Å². The number of benzene rings is 2. The van der Waals surface area contributed by atoms with Crippen molar-refractivity contribution in [2.24, 2.45) is 0 Å². The van der Waals surface area contributed by atoms with Crippen LogP contribution in [0.5, 0.6) is 0 Å². The molecule has 0 bridgehead atoms. The second-order valence-electron chi connectivity index (χ2n) is 4.51. The smallest absolute Gasteiger partial charge is 0.203 e. The molecule has 0 N–H and O–H groups in total. The van der Waals surface area contributed by atoms with Crippen LogP contribution in [0, 0.1) is 23.3 Å². The third kappa shape index (κ3) is 2.55. The highest BCUT2D eigenvalue weighted by Crippen LogP contribution is 2.40. The molecule has 7 heteroatoms. The Labute approximate surface area is 121 Å². The average molecular weight is 322 g/mol. The largest absolute Gasteiger partial charge is 0.422 e. The van der Waals surface area contributed by atoms with E-state index >= 15 is 0 Å². The van der Waals surface area contributed by atoms with Gasteiger partial charge in [-0.1, -0.05) is 31.2 Å². The summed E-state index contributed by atoms with van der Waals surface area (Å²) in [6, 6.07) is 5.55. The Balaban J connectivity index is 2.86. The van der Waals surface area contributed by atoms with Crippen molar-refractivity contribution in [1.82, 2.24) is 0 Å². The van der Waals surface area contributed by atoms with E-state index in [1.165, 1.54) is 24.3 Å². The van der Waals surface area contributed by atoms with Gasteiger partial charge in [0, 0.05) is 0 Å². The van der Waals surface area contributed by atoms with Gasteiger partial charge in [0.25, 0.3) is 0 Å². The zero-order chi connectivity index (χ0) is 16.7. The van der Waals surface area contributed by atoms with Crippen molar-refractivity contribution < 1.29 is 30.7 Å². The van der Waals surface area contributed by atoms with Gasteiger partial charge in [0.2, 0.25) is 0 Å². The fourth-order valence-electron chi connectivity index (χ4n) is 2.19. The fourth-order valence-corrected chi connectivity index (χ4v) is 2.19. The lowest BCUT2D eigenvalue weighted by atomic mass is 9.95. The van der Waals surface area contributed by atoms with Gasteiger partial charge in [-0.25, -0.2) is 17.6 Å². The predicted octanol–water partition coefficient (Wildman–Crippen LogP) is 5.49. The molecule has 0 amide bonds. The highest BCUT2D eigenvalue weighted by Gasteiger charge is 2.42. The first-order chi connectivity index (χ1) is 10.2. The number of rotatable bonds is 2. The second kappa shape index (κ2) is 5.62. The van der Waals surface area contributed by atoms with E-state index in [0.29, 0.717) is 5.56 Å². The molecule has 0 saturated heterocycles. The molecule has 0 saturated carbocycles. The van der Waals surface area contributed by atoms with Crippen LogP contribution in [0.25, 0.3) is 11.1 Å². The summed E-state index contributed by atoms with van der Waals surface area (Å²) in [6.45, 7) is 1.63. The van der Waals surface area contributed by atoms with E-state index in [1.54, 1.807) is 6.92 Å². The van der Waals surface area contributed by atoms with Crippen molar-refractivity contribution in [3.63, 3.8) is 0 Å². The minimum Gasteiger partial charge on any atom is -0.203 e. The summed E-state index contributed by atoms with van der Waals surface area (Å²) in [4.78, 5) is 0. The summed E-state index contributed by atoms with van der Waals surface area (Å²) in [5.41, 5.74) is -3.55. The van der Waals surface area contributed by atoms with Crippen LogP contribution in [0.4, 0.5) is 30.7 Å². The number of hydrogen-bond donors (Lipinski definition) is 0. The maximum absolute atomic E-state index is 14.0. The van der Waals surface area contributed by atoms with Crippen LogP contribution in [0.15, 0.2) is 24.3 Å². The Morgan fingerprint density at radius 3 is 1.77 bits per heavy atom. The molecule has 0 atom stereocenters. The molecule has 0 radical (unpaired) electrons. The maximum Gasteiger partial charge on any atom is 0.422 e. The van der Waals surface area contributed by atoms with Crippen LogP contribution in [-0.2, 0) is 12.6 Å². The van der Waals surface area contributed by atoms with Gasteiger partial charge in [0.05, 0.1) is 5.56 Å². The Bertz CT molecular complexity index is 688. The number of alkyl halides is 3. The molecule has 0 aliphatic rings. The van der Waals surface area contributed by atoms with E-state index in [0.717, 1.165) is 0 Å². The Morgan fingerprint density at radius 2 is 1.32 bits per heavy atom. The summed E-state index contributed by atoms with van der Waals surface area (Å²) in [7, 11) is 0. The molecule has 0 fully saturated rings. The van der Waals surface area contributed by atoms with Crippen molar-refractivity contribution in [2.45, 2.75) is 19.5 Å². The van der Waals surface area contributed by atoms with Crippen LogP contribution in [0.3, 0.4) is 0 Å². The van der Waals surface area contributed by atoms with Gasteiger partial charge in [-0.05, 0) is 17.5 Å². The topological polar surface area (TPSA) is 0 Å². The molecule has 0 aliphatic carbocycles. The molecular weight excluding hydrogens is 313 g/mol. The highest BCUT2D eigenvalue weighted by molar-refractivity contribution is 5.69. The third-order valence-corrected chi connectivity index (χ3v) is 3.21. The van der Waals surface area contributed by atoms with Crippen LogP contribution >= 0.6 is 0 Å². The van der Waals surface area contributed by atoms with E-state index < -0.39 is 40.6 Å². The highest BCUT2D eigenvalue weighted by atomic mass is 19.4. The summed E-state index contributed by atoms with van der Waals surface area (Å²) in [6.07, 6.45) is -5.27. The SMILES string of the molecule is CCc1ccccc1-c1c(F)c(F)c(C(F)(F)F)c(F)c1F. The Hall–Kier alpha value is -2.05. The molecule has 2 rings (SSSR count). The van der Waals surface area contributed by atoms with Crippen LogP contribution in [0.2, 0.25) is 0 Å². The molecule has 0 unspecified atom stereocenters. The van der Waals surface area contributed by atoms with Crippen LogP contribution < -0.4 is 0 Å². The zero-order valence-electron chi connectivity index (χ0n) is 11.2. The predicted molar refractivity (Wildman–Crippen MR) is 66.1 cm³/mol. The molecule has 0 spiro atoms. The van der Waals surface area contributed by atoms with E-state index in [4.69, 9.17) is 0 Å². The first-order valence-electron chi connectivity index (χ1n) is 6.21. The number of halogens is 7. The lowest BCUT2D eigenvalue weighted by Gasteiger charge is -2.15. The number of aryl methyl sites for hydroxylation is 1. The van der Waals surface area contributed by atoms with Gasteiger partial charge in [0.15, 0.2) is 23.3 Å². The summed E-state index contributed by atoms with van der Waals surface area (Å²) >= 11 is 0. The van der Waals surface area contributed by atoms with Crippen molar-refractivity contribution in [1.29, 1.82) is 0 Å². The summed E-state index contributed by atoms with van der Waals surface area (Å²) in [5, 5.41) is 0. The first-order valence-corrected chi connectivity index (χ1v) is 6.21. The van der Waals surface area contributed by atoms with Crippen LogP contribution in [0.1, 0.15) is 18.1 Å². The second-order valence-corrected chi connectivity index (χ2v) is 4.51. The normalized spacial score (nSPS) is 11.8. The Morgan fingerprint density at radius 1 is 0.818 bits per heavy atom. The lowest BCUT2D eigenvalue weighted by molar-refractivity contribution is -0.143. The van der Waals surface area contributed by atoms with Gasteiger partial charge in [-0.3, -0.25) is 0 Å². The molecule has 2 aromatic rings. The third-order valence-electron chi connectivity index (χ3n) is 3.21. The fraction of sp³-hybridized carbons (Fsp3) is 0.200. The van der Waals surface area contributed by atoms with Gasteiger partial charge in [-0.15, -0.1) is 0 Å². The van der Waals surface area contributed by atoms with Gasteiger partial charge in [0.1, 0.15) is 5.56 Å². The lowest BCUT2D eigenvalue weighted by Crippen LogP contribution is -2.16. The summed E-state index contributed by atoms with van der Waals surface area (Å²) in [5.74, 6) is -9.03. The molecule has 22 heavy (non-hydrogen) atoms. The number of hydrogen-bond acceptors (Lipinski definition) is 0. The van der Waals surface area contributed by atoms with Gasteiger partial charge in [-0.2, -0.15) is 13.2 Å². The minimum absolute atomic E-state index is 0.188. The molecule has 118 valence electrons. The van der Waals surface area contributed by atoms with E-state index in [9.17, 15) is 30.7 Å². The molecule has 0 aliphatic heterocycles. The monoisotopic (exact) mass is 322 g/mol.